The van der Waals surface area contributed by atoms with Crippen molar-refractivity contribution in [1.82, 2.24) is 0 Å². The molecule has 0 radical (unpaired) electrons. The van der Waals surface area contributed by atoms with Gasteiger partial charge in [-0.3, -0.25) is 14.8 Å². The minimum absolute atomic E-state index is 0.0450. The Hall–Kier alpha value is -1.20. The molecule has 1 N–H and O–H groups in total. The van der Waals surface area contributed by atoms with Crippen LogP contribution in [0, 0.1) is 28.6 Å². The van der Waals surface area contributed by atoms with Gasteiger partial charge in [-0.05, 0) is 55.3 Å². The molecule has 0 spiro atoms. The molecule has 0 aromatic carbocycles. The molecule has 5 heteroatoms. The molecule has 26 heavy (non-hydrogen) atoms. The highest BCUT2D eigenvalue weighted by atomic mass is 17.1. The van der Waals surface area contributed by atoms with Crippen LogP contribution in [0.25, 0.3) is 0 Å². The van der Waals surface area contributed by atoms with Crippen molar-refractivity contribution in [3.05, 3.63) is 11.6 Å². The van der Waals surface area contributed by atoms with Crippen molar-refractivity contribution in [1.29, 1.82) is 0 Å². The minimum Gasteiger partial charge on any atom is -0.462 e. The zero-order valence-corrected chi connectivity index (χ0v) is 16.0. The SMILES string of the molecule is CC(=O)O[C@H]1CC[C@@]2(C)C(=C[C@@H](OO)[C@@H]3[C@@H]2CC[C@]2(C)C(=O)CC[C@@H]32)C1. The van der Waals surface area contributed by atoms with Crippen LogP contribution in [0.15, 0.2) is 11.6 Å². The Bertz CT molecular complexity index is 655. The minimum atomic E-state index is -0.366. The number of hydrogen-bond acceptors (Lipinski definition) is 5. The number of Topliss-reactive ketones (excluding diaryl/α,β-unsaturated/α-hetero) is 1. The molecule has 3 saturated carbocycles. The largest absolute Gasteiger partial charge is 0.462 e. The van der Waals surface area contributed by atoms with Gasteiger partial charge in [-0.2, -0.15) is 0 Å². The lowest BCUT2D eigenvalue weighted by atomic mass is 9.47. The Morgan fingerprint density at radius 1 is 1.15 bits per heavy atom. The number of carbonyl (C=O) groups is 2. The lowest BCUT2D eigenvalue weighted by Crippen LogP contribution is -2.55. The molecule has 0 aliphatic heterocycles. The maximum Gasteiger partial charge on any atom is 0.302 e. The quantitative estimate of drug-likeness (QED) is 0.349. The molecule has 7 atom stereocenters. The molecule has 0 amide bonds. The van der Waals surface area contributed by atoms with E-state index in [4.69, 9.17) is 9.62 Å². The van der Waals surface area contributed by atoms with Crippen LogP contribution >= 0.6 is 0 Å². The Balaban J connectivity index is 1.68. The predicted molar refractivity (Wildman–Crippen MR) is 95.1 cm³/mol. The second-order valence-electron chi connectivity index (χ2n) is 9.36. The van der Waals surface area contributed by atoms with Crippen LogP contribution in [-0.2, 0) is 19.2 Å². The first-order valence-corrected chi connectivity index (χ1v) is 10.0. The molecule has 0 bridgehead atoms. The lowest BCUT2D eigenvalue weighted by molar-refractivity contribution is -0.295. The summed E-state index contributed by atoms with van der Waals surface area (Å²) in [6.07, 6.45) is 7.71. The molecule has 0 aromatic heterocycles. The summed E-state index contributed by atoms with van der Waals surface area (Å²) in [6.45, 7) is 5.90. The number of ether oxygens (including phenoxy) is 1. The Morgan fingerprint density at radius 2 is 1.85 bits per heavy atom. The van der Waals surface area contributed by atoms with Gasteiger partial charge in [-0.1, -0.05) is 25.5 Å². The summed E-state index contributed by atoms with van der Waals surface area (Å²) in [5, 5.41) is 9.67. The number of fused-ring (bicyclic) bond motifs is 5. The maximum absolute atomic E-state index is 12.5. The first-order chi connectivity index (χ1) is 12.3. The summed E-state index contributed by atoms with van der Waals surface area (Å²) < 4.78 is 5.46. The molecule has 4 aliphatic carbocycles. The summed E-state index contributed by atoms with van der Waals surface area (Å²) in [4.78, 5) is 28.9. The van der Waals surface area contributed by atoms with E-state index in [1.54, 1.807) is 0 Å². The number of rotatable bonds is 2. The topological polar surface area (TPSA) is 72.8 Å². The van der Waals surface area contributed by atoms with E-state index in [9.17, 15) is 14.8 Å². The van der Waals surface area contributed by atoms with Gasteiger partial charge in [0.15, 0.2) is 0 Å². The predicted octanol–water partition coefficient (Wildman–Crippen LogP) is 3.92. The van der Waals surface area contributed by atoms with Crippen molar-refractivity contribution in [2.24, 2.45) is 28.6 Å². The summed E-state index contributed by atoms with van der Waals surface area (Å²) >= 11 is 0. The second kappa shape index (κ2) is 6.16. The second-order valence-corrected chi connectivity index (χ2v) is 9.36. The highest BCUT2D eigenvalue weighted by Crippen LogP contribution is 2.64. The van der Waals surface area contributed by atoms with Crippen molar-refractivity contribution < 1.29 is 24.5 Å². The highest BCUT2D eigenvalue weighted by Gasteiger charge is 2.61. The van der Waals surface area contributed by atoms with Gasteiger partial charge in [0.1, 0.15) is 18.0 Å². The summed E-state index contributed by atoms with van der Waals surface area (Å²) in [5.41, 5.74) is 1.04. The molecule has 0 unspecified atom stereocenters. The highest BCUT2D eigenvalue weighted by molar-refractivity contribution is 5.87. The van der Waals surface area contributed by atoms with Crippen LogP contribution in [-0.4, -0.2) is 29.2 Å². The van der Waals surface area contributed by atoms with Crippen LogP contribution in [0.2, 0.25) is 0 Å². The molecule has 144 valence electrons. The van der Waals surface area contributed by atoms with Gasteiger partial charge >= 0.3 is 5.97 Å². The standard InChI is InChI=1S/C21H30O5/c1-12(22)25-14-6-8-20(2)13(10-14)11-17(26-24)19-15-4-5-18(23)21(15,3)9-7-16(19)20/h11,14-17,19,24H,4-10H2,1-3H3/t14-,15-,16-,17+,19-,20-,21-/m0/s1. The molecule has 0 saturated heterocycles. The van der Waals surface area contributed by atoms with Gasteiger partial charge in [0.05, 0.1) is 0 Å². The molecule has 0 aromatic rings. The average Bonchev–Trinajstić information content (AvgIpc) is 2.89. The fourth-order valence-corrected chi connectivity index (χ4v) is 6.80. The van der Waals surface area contributed by atoms with Crippen molar-refractivity contribution in [2.45, 2.75) is 77.9 Å². The normalized spacial score (nSPS) is 47.5. The van der Waals surface area contributed by atoms with E-state index < -0.39 is 0 Å². The molecular weight excluding hydrogens is 332 g/mol. The fraction of sp³-hybridized carbons (Fsp3) is 0.810. The Labute approximate surface area is 155 Å². The molecular formula is C21H30O5. The lowest BCUT2D eigenvalue weighted by Gasteiger charge is -2.58. The average molecular weight is 362 g/mol. The fourth-order valence-electron chi connectivity index (χ4n) is 6.80. The third-order valence-electron chi connectivity index (χ3n) is 8.23. The Kier molecular flexibility index (Phi) is 4.31. The maximum atomic E-state index is 12.5. The van der Waals surface area contributed by atoms with E-state index in [2.05, 4.69) is 19.9 Å². The molecule has 4 aliphatic rings. The van der Waals surface area contributed by atoms with Gasteiger partial charge in [0.2, 0.25) is 0 Å². The number of ketones is 1. The van der Waals surface area contributed by atoms with Gasteiger partial charge in [0.25, 0.3) is 0 Å². The molecule has 4 rings (SSSR count). The first-order valence-electron chi connectivity index (χ1n) is 10.0. The zero-order valence-electron chi connectivity index (χ0n) is 16.0. The zero-order chi connectivity index (χ0) is 18.7. The molecule has 0 heterocycles. The molecule has 5 nitrogen and oxygen atoms in total. The van der Waals surface area contributed by atoms with Crippen molar-refractivity contribution >= 4 is 11.8 Å². The van der Waals surface area contributed by atoms with Crippen LogP contribution in [0.4, 0.5) is 0 Å². The summed E-state index contributed by atoms with van der Waals surface area (Å²) in [5.74, 6) is 1.02. The number of hydrogen-bond donors (Lipinski definition) is 1. The van der Waals surface area contributed by atoms with Crippen LogP contribution in [0.3, 0.4) is 0 Å². The first kappa shape index (κ1) is 18.2. The summed E-state index contributed by atoms with van der Waals surface area (Å²) in [6, 6.07) is 0. The van der Waals surface area contributed by atoms with Gasteiger partial charge in [-0.15, -0.1) is 0 Å². The van der Waals surface area contributed by atoms with Crippen LogP contribution in [0.5, 0.6) is 0 Å². The van der Waals surface area contributed by atoms with Gasteiger partial charge in [-0.25, -0.2) is 4.89 Å². The smallest absolute Gasteiger partial charge is 0.302 e. The summed E-state index contributed by atoms with van der Waals surface area (Å²) in [7, 11) is 0. The van der Waals surface area contributed by atoms with Crippen LogP contribution < -0.4 is 0 Å². The van der Waals surface area contributed by atoms with E-state index >= 15 is 0 Å². The number of esters is 1. The molecule has 3 fully saturated rings. The van der Waals surface area contributed by atoms with E-state index in [0.717, 1.165) is 38.5 Å². The van der Waals surface area contributed by atoms with Crippen molar-refractivity contribution in [2.75, 3.05) is 0 Å². The van der Waals surface area contributed by atoms with E-state index in [1.165, 1.54) is 12.5 Å². The third kappa shape index (κ3) is 2.50. The van der Waals surface area contributed by atoms with Crippen molar-refractivity contribution in [3.8, 4) is 0 Å². The monoisotopic (exact) mass is 362 g/mol. The van der Waals surface area contributed by atoms with Crippen LogP contribution in [0.1, 0.15) is 65.7 Å². The van der Waals surface area contributed by atoms with Crippen molar-refractivity contribution in [3.63, 3.8) is 0 Å². The Morgan fingerprint density at radius 3 is 2.54 bits per heavy atom. The van der Waals surface area contributed by atoms with E-state index in [1.807, 2.05) is 0 Å². The third-order valence-corrected chi connectivity index (χ3v) is 8.23. The van der Waals surface area contributed by atoms with Gasteiger partial charge in [0, 0.05) is 25.2 Å². The number of carbonyl (C=O) groups excluding carboxylic acids is 2. The van der Waals surface area contributed by atoms with Gasteiger partial charge < -0.3 is 4.74 Å². The van der Waals surface area contributed by atoms with E-state index in [-0.39, 0.29) is 40.8 Å². The van der Waals surface area contributed by atoms with E-state index in [0.29, 0.717) is 18.1 Å².